The van der Waals surface area contributed by atoms with Crippen LogP contribution in [0.2, 0.25) is 0 Å². The highest BCUT2D eigenvalue weighted by Gasteiger charge is 2.24. The minimum Gasteiger partial charge on any atom is -0.426 e. The lowest BCUT2D eigenvalue weighted by atomic mass is 10.0. The van der Waals surface area contributed by atoms with E-state index in [9.17, 15) is 9.59 Å². The first-order valence-electron chi connectivity index (χ1n) is 9.17. The van der Waals surface area contributed by atoms with E-state index in [1.807, 2.05) is 50.2 Å². The van der Waals surface area contributed by atoms with E-state index in [2.05, 4.69) is 18.8 Å². The number of aryl methyl sites for hydroxylation is 2. The Hall–Kier alpha value is -3.21. The first-order chi connectivity index (χ1) is 13.2. The topological polar surface area (TPSA) is 65.0 Å². The Morgan fingerprint density at radius 2 is 1.71 bits per heavy atom. The van der Waals surface area contributed by atoms with Gasteiger partial charge in [-0.25, -0.2) is 9.79 Å². The van der Waals surface area contributed by atoms with Crippen molar-refractivity contribution in [1.29, 1.82) is 0 Å². The number of hydrogen-bond acceptors (Lipinski definition) is 5. The van der Waals surface area contributed by atoms with Gasteiger partial charge in [0.2, 0.25) is 5.90 Å². The second-order valence-corrected chi connectivity index (χ2v) is 7.19. The molecule has 0 N–H and O–H groups in total. The summed E-state index contributed by atoms with van der Waals surface area (Å²) in [5, 5.41) is 0. The summed E-state index contributed by atoms with van der Waals surface area (Å²) in [5.74, 6) is 0.422. The maximum absolute atomic E-state index is 12.2. The van der Waals surface area contributed by atoms with Gasteiger partial charge in [-0.1, -0.05) is 26.0 Å². The van der Waals surface area contributed by atoms with Gasteiger partial charge < -0.3 is 9.47 Å². The van der Waals surface area contributed by atoms with E-state index in [1.54, 1.807) is 6.08 Å². The van der Waals surface area contributed by atoms with Crippen molar-refractivity contribution in [2.75, 3.05) is 0 Å². The summed E-state index contributed by atoms with van der Waals surface area (Å²) in [7, 11) is 0. The molecule has 0 fully saturated rings. The largest absolute Gasteiger partial charge is 0.426 e. The molecular formula is C23H23NO4. The van der Waals surface area contributed by atoms with Gasteiger partial charge in [-0.15, -0.1) is 0 Å². The van der Waals surface area contributed by atoms with Crippen molar-refractivity contribution in [3.8, 4) is 5.75 Å². The Balaban J connectivity index is 1.90. The standard InChI is InChI=1S/C23H23NO4/c1-13(2)18-6-8-19(9-7-18)22-24-20(23(26)28-22)12-17-10-14(3)21(15(4)11-17)27-16(5)25/h6-13H,1-5H3/b20-12-. The van der Waals surface area contributed by atoms with Gasteiger partial charge in [-0.2, -0.15) is 0 Å². The van der Waals surface area contributed by atoms with Crippen LogP contribution in [-0.4, -0.2) is 17.8 Å². The second kappa shape index (κ2) is 7.80. The quantitative estimate of drug-likeness (QED) is 0.440. The lowest BCUT2D eigenvalue weighted by Gasteiger charge is -2.10. The van der Waals surface area contributed by atoms with Crippen LogP contribution in [0.15, 0.2) is 47.1 Å². The van der Waals surface area contributed by atoms with Crippen LogP contribution in [0.5, 0.6) is 5.75 Å². The van der Waals surface area contributed by atoms with Crippen molar-refractivity contribution in [2.45, 2.75) is 40.5 Å². The van der Waals surface area contributed by atoms with E-state index >= 15 is 0 Å². The number of carbonyl (C=O) groups is 2. The van der Waals surface area contributed by atoms with Crippen LogP contribution in [0, 0.1) is 13.8 Å². The van der Waals surface area contributed by atoms with Gasteiger partial charge in [-0.3, -0.25) is 4.79 Å². The maximum Gasteiger partial charge on any atom is 0.363 e. The molecule has 3 rings (SSSR count). The van der Waals surface area contributed by atoms with E-state index in [4.69, 9.17) is 9.47 Å². The molecule has 5 heteroatoms. The number of cyclic esters (lactones) is 1. The zero-order valence-corrected chi connectivity index (χ0v) is 16.7. The fraction of sp³-hybridized carbons (Fsp3) is 0.261. The molecule has 1 aliphatic heterocycles. The van der Waals surface area contributed by atoms with Gasteiger partial charge >= 0.3 is 11.9 Å². The Morgan fingerprint density at radius 3 is 2.25 bits per heavy atom. The van der Waals surface area contributed by atoms with Crippen LogP contribution in [0.25, 0.3) is 6.08 Å². The number of ether oxygens (including phenoxy) is 2. The molecule has 1 aliphatic rings. The average Bonchev–Trinajstić information content (AvgIpc) is 2.99. The third-order valence-corrected chi connectivity index (χ3v) is 4.48. The van der Waals surface area contributed by atoms with E-state index in [0.717, 1.165) is 22.3 Å². The molecule has 0 bridgehead atoms. The van der Waals surface area contributed by atoms with Crippen molar-refractivity contribution in [3.05, 3.63) is 69.9 Å². The minimum atomic E-state index is -0.484. The molecule has 0 saturated carbocycles. The highest BCUT2D eigenvalue weighted by atomic mass is 16.6. The maximum atomic E-state index is 12.2. The molecule has 5 nitrogen and oxygen atoms in total. The Kier molecular flexibility index (Phi) is 5.45. The molecular weight excluding hydrogens is 354 g/mol. The van der Waals surface area contributed by atoms with Crippen LogP contribution >= 0.6 is 0 Å². The fourth-order valence-electron chi connectivity index (χ4n) is 3.07. The summed E-state index contributed by atoms with van der Waals surface area (Å²) in [5.41, 5.74) is 4.62. The van der Waals surface area contributed by atoms with Gasteiger partial charge in [0.05, 0.1) is 0 Å². The SMILES string of the molecule is CC(=O)Oc1c(C)cc(/C=C2\N=C(c3ccc(C(C)C)cc3)OC2=O)cc1C. The summed E-state index contributed by atoms with van der Waals surface area (Å²) in [6.07, 6.45) is 1.68. The zero-order valence-electron chi connectivity index (χ0n) is 16.7. The van der Waals surface area contributed by atoms with Crippen molar-refractivity contribution >= 4 is 23.9 Å². The molecule has 0 radical (unpaired) electrons. The van der Waals surface area contributed by atoms with Crippen molar-refractivity contribution in [2.24, 2.45) is 4.99 Å². The van der Waals surface area contributed by atoms with Gasteiger partial charge in [-0.05, 0) is 72.4 Å². The van der Waals surface area contributed by atoms with E-state index in [1.165, 1.54) is 12.5 Å². The van der Waals surface area contributed by atoms with Crippen LogP contribution in [0.1, 0.15) is 54.5 Å². The number of esters is 2. The summed E-state index contributed by atoms with van der Waals surface area (Å²) < 4.78 is 10.6. The number of aliphatic imine (C=N–C) groups is 1. The molecule has 144 valence electrons. The summed E-state index contributed by atoms with van der Waals surface area (Å²) in [4.78, 5) is 27.8. The van der Waals surface area contributed by atoms with Crippen molar-refractivity contribution in [1.82, 2.24) is 0 Å². The molecule has 0 spiro atoms. The lowest BCUT2D eigenvalue weighted by molar-refractivity contribution is -0.132. The molecule has 0 atom stereocenters. The van der Waals surface area contributed by atoms with Crippen molar-refractivity contribution in [3.63, 3.8) is 0 Å². The van der Waals surface area contributed by atoms with Crippen LogP contribution < -0.4 is 4.74 Å². The molecule has 2 aromatic carbocycles. The molecule has 0 unspecified atom stereocenters. The second-order valence-electron chi connectivity index (χ2n) is 7.19. The number of carbonyl (C=O) groups excluding carboxylic acids is 2. The number of nitrogens with zero attached hydrogens (tertiary/aromatic N) is 1. The average molecular weight is 377 g/mol. The number of benzene rings is 2. The minimum absolute atomic E-state index is 0.238. The Labute approximate surface area is 164 Å². The zero-order chi connectivity index (χ0) is 20.4. The summed E-state index contributed by atoms with van der Waals surface area (Å²) in [6, 6.07) is 11.5. The predicted molar refractivity (Wildman–Crippen MR) is 108 cm³/mol. The molecule has 0 aromatic heterocycles. The van der Waals surface area contributed by atoms with Crippen LogP contribution in [-0.2, 0) is 14.3 Å². The van der Waals surface area contributed by atoms with Crippen LogP contribution in [0.3, 0.4) is 0 Å². The van der Waals surface area contributed by atoms with E-state index in [-0.39, 0.29) is 11.7 Å². The molecule has 0 saturated heterocycles. The number of rotatable bonds is 4. The molecule has 0 amide bonds. The first-order valence-corrected chi connectivity index (χ1v) is 9.17. The highest BCUT2D eigenvalue weighted by molar-refractivity contribution is 6.12. The Morgan fingerprint density at radius 1 is 1.11 bits per heavy atom. The number of hydrogen-bond donors (Lipinski definition) is 0. The molecule has 28 heavy (non-hydrogen) atoms. The van der Waals surface area contributed by atoms with Crippen molar-refractivity contribution < 1.29 is 19.1 Å². The van der Waals surface area contributed by atoms with Crippen LogP contribution in [0.4, 0.5) is 0 Å². The normalized spacial score (nSPS) is 15.0. The van der Waals surface area contributed by atoms with Gasteiger partial charge in [0.1, 0.15) is 5.75 Å². The van der Waals surface area contributed by atoms with Gasteiger partial charge in [0, 0.05) is 12.5 Å². The third-order valence-electron chi connectivity index (χ3n) is 4.48. The van der Waals surface area contributed by atoms with Gasteiger partial charge in [0.25, 0.3) is 0 Å². The summed E-state index contributed by atoms with van der Waals surface area (Å²) >= 11 is 0. The van der Waals surface area contributed by atoms with Gasteiger partial charge in [0.15, 0.2) is 5.70 Å². The van der Waals surface area contributed by atoms with E-state index < -0.39 is 5.97 Å². The predicted octanol–water partition coefficient (Wildman–Crippen LogP) is 4.70. The Bertz CT molecular complexity index is 975. The third kappa shape index (κ3) is 4.19. The molecule has 1 heterocycles. The molecule has 2 aromatic rings. The smallest absolute Gasteiger partial charge is 0.363 e. The highest BCUT2D eigenvalue weighted by Crippen LogP contribution is 2.27. The molecule has 0 aliphatic carbocycles. The summed E-state index contributed by atoms with van der Waals surface area (Å²) in [6.45, 7) is 9.32. The lowest BCUT2D eigenvalue weighted by Crippen LogP contribution is -2.06. The monoisotopic (exact) mass is 377 g/mol. The first kappa shape index (κ1) is 19.5. The fourth-order valence-corrected chi connectivity index (χ4v) is 3.07. The van der Waals surface area contributed by atoms with E-state index in [0.29, 0.717) is 17.6 Å².